The SMILES string of the molecule is CCNCCC[Si](C)(OC)OC. The summed E-state index contributed by atoms with van der Waals surface area (Å²) in [5.41, 5.74) is 0. The van der Waals surface area contributed by atoms with Crippen LogP contribution in [0, 0.1) is 0 Å². The molecule has 0 atom stereocenters. The summed E-state index contributed by atoms with van der Waals surface area (Å²) in [5, 5.41) is 3.28. The second kappa shape index (κ2) is 6.60. The van der Waals surface area contributed by atoms with Gasteiger partial charge in [-0.15, -0.1) is 0 Å². The van der Waals surface area contributed by atoms with Gasteiger partial charge in [-0.3, -0.25) is 0 Å². The molecule has 0 saturated heterocycles. The van der Waals surface area contributed by atoms with Crippen LogP contribution in [0.5, 0.6) is 0 Å². The highest BCUT2D eigenvalue weighted by Crippen LogP contribution is 2.12. The second-order valence-electron chi connectivity index (χ2n) is 3.00. The number of hydrogen-bond acceptors (Lipinski definition) is 3. The van der Waals surface area contributed by atoms with Crippen molar-refractivity contribution in [3.8, 4) is 0 Å². The largest absolute Gasteiger partial charge is 0.398 e. The Labute approximate surface area is 76.7 Å². The summed E-state index contributed by atoms with van der Waals surface area (Å²) in [7, 11) is 1.69. The van der Waals surface area contributed by atoms with Crippen molar-refractivity contribution in [1.82, 2.24) is 5.32 Å². The van der Waals surface area contributed by atoms with Crippen LogP contribution >= 0.6 is 0 Å². The van der Waals surface area contributed by atoms with E-state index in [9.17, 15) is 0 Å². The Hall–Kier alpha value is 0.0969. The third-order valence-corrected chi connectivity index (χ3v) is 5.09. The van der Waals surface area contributed by atoms with E-state index < -0.39 is 8.56 Å². The van der Waals surface area contributed by atoms with Crippen LogP contribution in [0.3, 0.4) is 0 Å². The fourth-order valence-corrected chi connectivity index (χ4v) is 2.39. The predicted octanol–water partition coefficient (Wildman–Crippen LogP) is 1.35. The lowest BCUT2D eigenvalue weighted by molar-refractivity contribution is 0.248. The van der Waals surface area contributed by atoms with Gasteiger partial charge in [-0.25, -0.2) is 0 Å². The fourth-order valence-electron chi connectivity index (χ4n) is 0.999. The molecule has 74 valence electrons. The third kappa shape index (κ3) is 4.87. The van der Waals surface area contributed by atoms with E-state index in [1.165, 1.54) is 0 Å². The molecule has 0 heterocycles. The fraction of sp³-hybridized carbons (Fsp3) is 1.00. The molecule has 12 heavy (non-hydrogen) atoms. The first-order valence-electron chi connectivity index (χ1n) is 4.49. The van der Waals surface area contributed by atoms with Gasteiger partial charge in [-0.2, -0.15) is 0 Å². The van der Waals surface area contributed by atoms with Crippen LogP contribution in [0.2, 0.25) is 12.6 Å². The van der Waals surface area contributed by atoms with E-state index in [2.05, 4.69) is 18.8 Å². The zero-order valence-electron chi connectivity index (χ0n) is 8.64. The Morgan fingerprint density at radius 3 is 2.25 bits per heavy atom. The normalized spacial score (nSPS) is 12.0. The highest BCUT2D eigenvalue weighted by molar-refractivity contribution is 6.65. The Morgan fingerprint density at radius 2 is 1.83 bits per heavy atom. The van der Waals surface area contributed by atoms with Gasteiger partial charge in [0, 0.05) is 14.2 Å². The molecule has 0 spiro atoms. The molecule has 3 nitrogen and oxygen atoms in total. The minimum Gasteiger partial charge on any atom is -0.398 e. The summed E-state index contributed by atoms with van der Waals surface area (Å²) in [6.07, 6.45) is 1.14. The first-order valence-corrected chi connectivity index (χ1v) is 7.02. The van der Waals surface area contributed by atoms with E-state index in [0.29, 0.717) is 0 Å². The quantitative estimate of drug-likeness (QED) is 0.487. The van der Waals surface area contributed by atoms with E-state index in [1.807, 2.05) is 0 Å². The summed E-state index contributed by atoms with van der Waals surface area (Å²) in [5.74, 6) is 0. The zero-order chi connectivity index (χ0) is 9.45. The smallest absolute Gasteiger partial charge is 0.334 e. The van der Waals surface area contributed by atoms with Gasteiger partial charge in [-0.1, -0.05) is 6.92 Å². The molecule has 1 N–H and O–H groups in total. The van der Waals surface area contributed by atoms with Gasteiger partial charge in [0.1, 0.15) is 0 Å². The molecule has 0 aromatic carbocycles. The van der Waals surface area contributed by atoms with Crippen molar-refractivity contribution in [2.45, 2.75) is 25.9 Å². The molecular formula is C8H21NO2Si. The summed E-state index contributed by atoms with van der Waals surface area (Å²) >= 11 is 0. The molecule has 0 aromatic rings. The number of nitrogens with one attached hydrogen (secondary N) is 1. The average molecular weight is 191 g/mol. The van der Waals surface area contributed by atoms with Crippen molar-refractivity contribution >= 4 is 8.56 Å². The highest BCUT2D eigenvalue weighted by atomic mass is 28.4. The topological polar surface area (TPSA) is 30.5 Å². The second-order valence-corrected chi connectivity index (χ2v) is 6.58. The van der Waals surface area contributed by atoms with Crippen molar-refractivity contribution in [3.63, 3.8) is 0 Å². The molecule has 4 heteroatoms. The molecule has 0 fully saturated rings. The van der Waals surface area contributed by atoms with E-state index >= 15 is 0 Å². The summed E-state index contributed by atoms with van der Waals surface area (Å²) in [6.45, 7) is 6.31. The van der Waals surface area contributed by atoms with Crippen LogP contribution < -0.4 is 5.32 Å². The monoisotopic (exact) mass is 191 g/mol. The van der Waals surface area contributed by atoms with Crippen LogP contribution in [-0.4, -0.2) is 35.9 Å². The van der Waals surface area contributed by atoms with E-state index in [4.69, 9.17) is 8.85 Å². The summed E-state index contributed by atoms with van der Waals surface area (Å²) in [4.78, 5) is 0. The van der Waals surface area contributed by atoms with Gasteiger partial charge in [0.05, 0.1) is 0 Å². The van der Waals surface area contributed by atoms with Crippen LogP contribution in [-0.2, 0) is 8.85 Å². The molecule has 0 aliphatic heterocycles. The maximum atomic E-state index is 5.36. The predicted molar refractivity (Wildman–Crippen MR) is 53.6 cm³/mol. The maximum Gasteiger partial charge on any atom is 0.334 e. The highest BCUT2D eigenvalue weighted by Gasteiger charge is 2.27. The Morgan fingerprint density at radius 1 is 1.25 bits per heavy atom. The van der Waals surface area contributed by atoms with Gasteiger partial charge >= 0.3 is 8.56 Å². The van der Waals surface area contributed by atoms with Gasteiger partial charge in [0.15, 0.2) is 0 Å². The minimum atomic E-state index is -1.79. The van der Waals surface area contributed by atoms with Gasteiger partial charge in [0.25, 0.3) is 0 Å². The maximum absolute atomic E-state index is 5.36. The van der Waals surface area contributed by atoms with Gasteiger partial charge < -0.3 is 14.2 Å². The lowest BCUT2D eigenvalue weighted by Crippen LogP contribution is -2.36. The zero-order valence-corrected chi connectivity index (χ0v) is 9.64. The molecule has 0 radical (unpaired) electrons. The third-order valence-electron chi connectivity index (χ3n) is 2.10. The van der Waals surface area contributed by atoms with Gasteiger partial charge in [-0.05, 0) is 32.1 Å². The van der Waals surface area contributed by atoms with Crippen molar-refractivity contribution in [2.24, 2.45) is 0 Å². The number of rotatable bonds is 7. The van der Waals surface area contributed by atoms with E-state index in [0.717, 1.165) is 25.6 Å². The lowest BCUT2D eigenvalue weighted by atomic mass is 10.5. The molecule has 0 amide bonds. The molecule has 0 bridgehead atoms. The molecule has 0 saturated carbocycles. The molecular weight excluding hydrogens is 170 g/mol. The Balaban J connectivity index is 3.45. The van der Waals surface area contributed by atoms with Crippen molar-refractivity contribution in [1.29, 1.82) is 0 Å². The van der Waals surface area contributed by atoms with Gasteiger partial charge in [0.2, 0.25) is 0 Å². The van der Waals surface area contributed by atoms with Crippen LogP contribution in [0.25, 0.3) is 0 Å². The number of hydrogen-bond donors (Lipinski definition) is 1. The van der Waals surface area contributed by atoms with Crippen LogP contribution in [0.15, 0.2) is 0 Å². The average Bonchev–Trinajstić information content (AvgIpc) is 2.12. The Bertz CT molecular complexity index is 107. The first kappa shape index (κ1) is 12.1. The van der Waals surface area contributed by atoms with Crippen LogP contribution in [0.4, 0.5) is 0 Å². The van der Waals surface area contributed by atoms with E-state index in [1.54, 1.807) is 14.2 Å². The summed E-state index contributed by atoms with van der Waals surface area (Å²) < 4.78 is 10.7. The van der Waals surface area contributed by atoms with E-state index in [-0.39, 0.29) is 0 Å². The lowest BCUT2D eigenvalue weighted by Gasteiger charge is -2.22. The van der Waals surface area contributed by atoms with Crippen LogP contribution in [0.1, 0.15) is 13.3 Å². The molecule has 0 aromatic heterocycles. The first-order chi connectivity index (χ1) is 5.68. The molecule has 0 unspecified atom stereocenters. The van der Waals surface area contributed by atoms with Crippen molar-refractivity contribution in [2.75, 3.05) is 27.3 Å². The van der Waals surface area contributed by atoms with Crippen molar-refractivity contribution in [3.05, 3.63) is 0 Å². The molecule has 0 aliphatic rings. The Kier molecular flexibility index (Phi) is 6.65. The molecule has 0 rings (SSSR count). The summed E-state index contributed by atoms with van der Waals surface area (Å²) in [6, 6.07) is 1.06. The minimum absolute atomic E-state index is 1.04. The van der Waals surface area contributed by atoms with Crippen molar-refractivity contribution < 1.29 is 8.85 Å². The standard InChI is InChI=1S/C8H21NO2Si/c1-5-9-7-6-8-12(4,10-2)11-3/h9H,5-8H2,1-4H3. The molecule has 0 aliphatic carbocycles.